The Balaban J connectivity index is 1.63. The third kappa shape index (κ3) is 3.70. The molecule has 1 unspecified atom stereocenters. The molecule has 1 aliphatic heterocycles. The largest absolute Gasteiger partial charge is 0.365 e. The lowest BCUT2D eigenvalue weighted by atomic mass is 10.1. The van der Waals surface area contributed by atoms with E-state index in [-0.39, 0.29) is 0 Å². The van der Waals surface area contributed by atoms with E-state index in [1.807, 2.05) is 12.1 Å². The van der Waals surface area contributed by atoms with E-state index >= 15 is 0 Å². The maximum atomic E-state index is 5.64. The quantitative estimate of drug-likeness (QED) is 0.826. The number of thiocarbonyl (C=S) groups is 1. The lowest BCUT2D eigenvalue weighted by Gasteiger charge is -2.42. The van der Waals surface area contributed by atoms with Crippen molar-refractivity contribution in [2.75, 3.05) is 29.9 Å². The van der Waals surface area contributed by atoms with Crippen LogP contribution < -0.4 is 10.2 Å². The minimum atomic E-state index is 0.429. The summed E-state index contributed by atoms with van der Waals surface area (Å²) in [6.07, 6.45) is 0. The van der Waals surface area contributed by atoms with Gasteiger partial charge in [-0.05, 0) is 56.8 Å². The van der Waals surface area contributed by atoms with Crippen LogP contribution in [0.25, 0.3) is 0 Å². The third-order valence-electron chi connectivity index (χ3n) is 4.67. The summed E-state index contributed by atoms with van der Waals surface area (Å²) >= 11 is 5.64. The van der Waals surface area contributed by atoms with Crippen LogP contribution in [0.5, 0.6) is 0 Å². The maximum Gasteiger partial charge on any atom is 0.173 e. The van der Waals surface area contributed by atoms with Crippen molar-refractivity contribution in [1.82, 2.24) is 4.90 Å². The van der Waals surface area contributed by atoms with Crippen molar-refractivity contribution in [3.8, 4) is 0 Å². The van der Waals surface area contributed by atoms with Gasteiger partial charge in [0, 0.05) is 37.1 Å². The van der Waals surface area contributed by atoms with Gasteiger partial charge in [-0.3, -0.25) is 0 Å². The fraction of sp³-hybridized carbons (Fsp3) is 0.350. The minimum Gasteiger partial charge on any atom is -0.365 e. The summed E-state index contributed by atoms with van der Waals surface area (Å²) in [5, 5.41) is 4.22. The van der Waals surface area contributed by atoms with Crippen molar-refractivity contribution < 1.29 is 0 Å². The van der Waals surface area contributed by atoms with Crippen molar-refractivity contribution in [2.24, 2.45) is 0 Å². The maximum absolute atomic E-state index is 5.64. The number of benzene rings is 2. The molecule has 0 bridgehead atoms. The summed E-state index contributed by atoms with van der Waals surface area (Å²) in [7, 11) is 0. The van der Waals surface area contributed by atoms with E-state index < -0.39 is 0 Å². The smallest absolute Gasteiger partial charge is 0.173 e. The summed E-state index contributed by atoms with van der Waals surface area (Å²) in [4.78, 5) is 4.74. The van der Waals surface area contributed by atoms with Gasteiger partial charge >= 0.3 is 0 Å². The van der Waals surface area contributed by atoms with Crippen molar-refractivity contribution in [1.29, 1.82) is 0 Å². The number of nitrogens with one attached hydrogen (secondary N) is 1. The fourth-order valence-electron chi connectivity index (χ4n) is 3.17. The molecule has 1 fully saturated rings. The first-order valence-electron chi connectivity index (χ1n) is 8.49. The van der Waals surface area contributed by atoms with E-state index in [0.717, 1.165) is 30.4 Å². The van der Waals surface area contributed by atoms with E-state index in [1.165, 1.54) is 16.8 Å². The monoisotopic (exact) mass is 339 g/mol. The second kappa shape index (κ2) is 7.22. The molecule has 3 nitrogen and oxygen atoms in total. The van der Waals surface area contributed by atoms with Gasteiger partial charge in [-0.2, -0.15) is 0 Å². The molecule has 1 aliphatic rings. The number of rotatable bonds is 2. The second-order valence-corrected chi connectivity index (χ2v) is 6.96. The minimum absolute atomic E-state index is 0.429. The summed E-state index contributed by atoms with van der Waals surface area (Å²) in [5.74, 6) is 0. The Bertz CT molecular complexity index is 711. The molecule has 3 rings (SSSR count). The topological polar surface area (TPSA) is 18.5 Å². The number of anilines is 2. The van der Waals surface area contributed by atoms with E-state index in [2.05, 4.69) is 72.3 Å². The Morgan fingerprint density at radius 1 is 1.04 bits per heavy atom. The zero-order valence-electron chi connectivity index (χ0n) is 14.6. The molecule has 24 heavy (non-hydrogen) atoms. The average molecular weight is 340 g/mol. The predicted molar refractivity (Wildman–Crippen MR) is 107 cm³/mol. The number of aryl methyl sites for hydroxylation is 2. The molecular weight excluding hydrogens is 314 g/mol. The van der Waals surface area contributed by atoms with Crippen molar-refractivity contribution >= 4 is 28.7 Å². The zero-order valence-corrected chi connectivity index (χ0v) is 15.4. The highest BCUT2D eigenvalue weighted by molar-refractivity contribution is 7.80. The molecule has 2 aromatic carbocycles. The van der Waals surface area contributed by atoms with Gasteiger partial charge in [0.15, 0.2) is 5.11 Å². The van der Waals surface area contributed by atoms with Gasteiger partial charge in [0.25, 0.3) is 0 Å². The molecule has 1 atom stereocenters. The highest BCUT2D eigenvalue weighted by Crippen LogP contribution is 2.22. The molecule has 1 saturated heterocycles. The van der Waals surface area contributed by atoms with Crippen LogP contribution in [-0.4, -0.2) is 35.7 Å². The fourth-order valence-corrected chi connectivity index (χ4v) is 3.45. The van der Waals surface area contributed by atoms with Gasteiger partial charge in [-0.1, -0.05) is 35.9 Å². The van der Waals surface area contributed by atoms with E-state index in [1.54, 1.807) is 0 Å². The van der Waals surface area contributed by atoms with Crippen LogP contribution >= 0.6 is 12.2 Å². The Morgan fingerprint density at radius 2 is 1.75 bits per heavy atom. The van der Waals surface area contributed by atoms with Gasteiger partial charge in [-0.25, -0.2) is 0 Å². The average Bonchev–Trinajstić information content (AvgIpc) is 2.58. The van der Waals surface area contributed by atoms with Crippen LogP contribution in [0.2, 0.25) is 0 Å². The molecule has 4 heteroatoms. The van der Waals surface area contributed by atoms with Crippen LogP contribution in [0.4, 0.5) is 11.4 Å². The Hall–Kier alpha value is -2.07. The van der Waals surface area contributed by atoms with Gasteiger partial charge in [0.2, 0.25) is 0 Å². The van der Waals surface area contributed by atoms with Crippen LogP contribution in [0.1, 0.15) is 18.1 Å². The van der Waals surface area contributed by atoms with Gasteiger partial charge in [0.05, 0.1) is 0 Å². The standard InChI is InChI=1S/C20H25N3S/c1-15-8-10-18(11-9-15)23-13-12-22(14-17(23)3)20(24)21-19-7-5-4-6-16(19)2/h4-11,17H,12-14H2,1-3H3,(H,21,24). The van der Waals surface area contributed by atoms with E-state index in [9.17, 15) is 0 Å². The van der Waals surface area contributed by atoms with E-state index in [0.29, 0.717) is 6.04 Å². The first-order valence-corrected chi connectivity index (χ1v) is 8.90. The molecule has 1 N–H and O–H groups in total. The zero-order chi connectivity index (χ0) is 17.1. The number of nitrogens with zero attached hydrogens (tertiary/aromatic N) is 2. The molecule has 0 spiro atoms. The summed E-state index contributed by atoms with van der Waals surface area (Å²) in [6, 6.07) is 17.5. The van der Waals surface area contributed by atoms with Crippen LogP contribution in [0.15, 0.2) is 48.5 Å². The van der Waals surface area contributed by atoms with Gasteiger partial charge in [-0.15, -0.1) is 0 Å². The second-order valence-electron chi connectivity index (χ2n) is 6.57. The van der Waals surface area contributed by atoms with Crippen LogP contribution in [-0.2, 0) is 0 Å². The number of piperazine rings is 1. The predicted octanol–water partition coefficient (Wildman–Crippen LogP) is 4.21. The Labute approximate surface area is 150 Å². The molecule has 0 aromatic heterocycles. The van der Waals surface area contributed by atoms with Crippen molar-refractivity contribution in [3.05, 3.63) is 59.7 Å². The third-order valence-corrected chi connectivity index (χ3v) is 5.03. The molecule has 0 aliphatic carbocycles. The molecular formula is C20H25N3S. The number of hydrogen-bond donors (Lipinski definition) is 1. The lowest BCUT2D eigenvalue weighted by molar-refractivity contribution is 0.342. The van der Waals surface area contributed by atoms with Gasteiger partial charge < -0.3 is 15.1 Å². The SMILES string of the molecule is Cc1ccc(N2CCN(C(=S)Nc3ccccc3C)CC2C)cc1. The molecule has 2 aromatic rings. The molecule has 0 saturated carbocycles. The van der Waals surface area contributed by atoms with Gasteiger partial charge in [0.1, 0.15) is 0 Å². The summed E-state index contributed by atoms with van der Waals surface area (Å²) < 4.78 is 0. The normalized spacial score (nSPS) is 17.7. The van der Waals surface area contributed by atoms with Crippen molar-refractivity contribution in [2.45, 2.75) is 26.8 Å². The van der Waals surface area contributed by atoms with Crippen LogP contribution in [0.3, 0.4) is 0 Å². The molecule has 1 heterocycles. The Kier molecular flexibility index (Phi) is 5.05. The summed E-state index contributed by atoms with van der Waals surface area (Å²) in [6.45, 7) is 9.35. The first-order chi connectivity index (χ1) is 11.5. The highest BCUT2D eigenvalue weighted by Gasteiger charge is 2.25. The van der Waals surface area contributed by atoms with E-state index in [4.69, 9.17) is 12.2 Å². The van der Waals surface area contributed by atoms with Crippen molar-refractivity contribution in [3.63, 3.8) is 0 Å². The number of hydrogen-bond acceptors (Lipinski definition) is 2. The summed E-state index contributed by atoms with van der Waals surface area (Å²) in [5.41, 5.74) is 4.90. The van der Waals surface area contributed by atoms with Crippen LogP contribution in [0, 0.1) is 13.8 Å². The molecule has 126 valence electrons. The Morgan fingerprint density at radius 3 is 2.42 bits per heavy atom. The molecule has 0 amide bonds. The highest BCUT2D eigenvalue weighted by atomic mass is 32.1. The first kappa shape index (κ1) is 16.8. The number of para-hydroxylation sites is 1. The molecule has 0 radical (unpaired) electrons. The lowest BCUT2D eigenvalue weighted by Crippen LogP contribution is -2.54.